The number of H-pyrrole nitrogens is 2. The molecule has 2 aromatic heterocycles. The van der Waals surface area contributed by atoms with Crippen molar-refractivity contribution in [2.45, 2.75) is 24.2 Å². The molecular weight excluding hydrogens is 621 g/mol. The maximum atomic E-state index is 12.6. The number of thioether (sulfide) groups is 2. The molecule has 2 heterocycles. The Morgan fingerprint density at radius 1 is 0.630 bits per heavy atom. The molecule has 0 aliphatic carbocycles. The van der Waals surface area contributed by atoms with Crippen LogP contribution in [0.4, 0.5) is 11.4 Å². The molecule has 0 saturated heterocycles. The summed E-state index contributed by atoms with van der Waals surface area (Å²) >= 11 is 2.69. The molecule has 0 radical (unpaired) electrons. The Kier molecular flexibility index (Phi) is 9.75. The fraction of sp³-hybridized carbons (Fsp3) is 0.176. The van der Waals surface area contributed by atoms with Gasteiger partial charge in [0.1, 0.15) is 11.5 Å². The number of amides is 2. The second kappa shape index (κ2) is 14.4. The highest BCUT2D eigenvalue weighted by Crippen LogP contribution is 2.27. The third kappa shape index (κ3) is 7.82. The first-order chi connectivity index (χ1) is 22.4. The summed E-state index contributed by atoms with van der Waals surface area (Å²) in [4.78, 5) is 40.7. The van der Waals surface area contributed by atoms with Crippen molar-refractivity contribution < 1.29 is 19.1 Å². The number of benzene rings is 4. The van der Waals surface area contributed by atoms with Crippen molar-refractivity contribution >= 4 is 68.8 Å². The highest BCUT2D eigenvalue weighted by Gasteiger charge is 2.11. The van der Waals surface area contributed by atoms with Crippen LogP contribution in [0.1, 0.15) is 13.8 Å². The number of ether oxygens (including phenoxy) is 2. The molecule has 4 aromatic carbocycles. The van der Waals surface area contributed by atoms with E-state index in [0.717, 1.165) is 44.7 Å². The quantitative estimate of drug-likeness (QED) is 0.0951. The van der Waals surface area contributed by atoms with Crippen LogP contribution in [0.15, 0.2) is 95.2 Å². The molecule has 0 unspecified atom stereocenters. The van der Waals surface area contributed by atoms with Crippen molar-refractivity contribution in [1.82, 2.24) is 19.9 Å². The Hall–Kier alpha value is -4.94. The van der Waals surface area contributed by atoms with E-state index in [1.807, 2.05) is 98.8 Å². The molecule has 4 N–H and O–H groups in total. The predicted octanol–water partition coefficient (Wildman–Crippen LogP) is 7.37. The lowest BCUT2D eigenvalue weighted by Gasteiger charge is -2.08. The van der Waals surface area contributed by atoms with Crippen molar-refractivity contribution in [3.63, 3.8) is 0 Å². The summed E-state index contributed by atoms with van der Waals surface area (Å²) in [5, 5.41) is 7.23. The fourth-order valence-electron chi connectivity index (χ4n) is 4.73. The number of anilines is 2. The second-order valence-corrected chi connectivity index (χ2v) is 12.1. The Balaban J connectivity index is 0.966. The Morgan fingerprint density at radius 2 is 1.04 bits per heavy atom. The minimum atomic E-state index is -0.123. The fourth-order valence-corrected chi connectivity index (χ4v) is 6.10. The van der Waals surface area contributed by atoms with Gasteiger partial charge >= 0.3 is 0 Å². The lowest BCUT2D eigenvalue weighted by molar-refractivity contribution is -0.114. The summed E-state index contributed by atoms with van der Waals surface area (Å²) in [5.74, 6) is 1.76. The van der Waals surface area contributed by atoms with Crippen molar-refractivity contribution in [2.24, 2.45) is 0 Å². The molecule has 0 spiro atoms. The standard InChI is InChI=1S/C34H32N6O4S2/c1-3-43-25-13-15-27-29(17-25)39-33(37-27)45-19-31(41)35-23-9-5-21(6-10-23)22-7-11-24(12-8-22)36-32(42)20-46-34-38-28-16-14-26(44-4-2)18-30(28)40-34/h5-18H,3-4,19-20H2,1-2H3,(H,35,41)(H,36,42)(H,37,39)(H,38,40). The molecule has 6 rings (SSSR count). The second-order valence-electron chi connectivity index (χ2n) is 10.1. The average molecular weight is 653 g/mol. The van der Waals surface area contributed by atoms with Gasteiger partial charge in [-0.2, -0.15) is 0 Å². The first-order valence-electron chi connectivity index (χ1n) is 14.8. The zero-order valence-corrected chi connectivity index (χ0v) is 26.9. The largest absolute Gasteiger partial charge is 0.494 e. The monoisotopic (exact) mass is 652 g/mol. The molecular formula is C34H32N6O4S2. The van der Waals surface area contributed by atoms with Gasteiger partial charge in [-0.05, 0) is 73.5 Å². The molecule has 2 amide bonds. The van der Waals surface area contributed by atoms with Crippen LogP contribution >= 0.6 is 23.5 Å². The molecule has 12 heteroatoms. The smallest absolute Gasteiger partial charge is 0.234 e. The molecule has 6 aromatic rings. The summed E-state index contributed by atoms with van der Waals surface area (Å²) < 4.78 is 11.1. The van der Waals surface area contributed by atoms with Gasteiger partial charge in [0.15, 0.2) is 10.3 Å². The molecule has 0 bridgehead atoms. The normalized spacial score (nSPS) is 11.1. The van der Waals surface area contributed by atoms with Crippen LogP contribution < -0.4 is 20.1 Å². The number of fused-ring (bicyclic) bond motifs is 2. The van der Waals surface area contributed by atoms with E-state index < -0.39 is 0 Å². The summed E-state index contributed by atoms with van der Waals surface area (Å²) in [5.41, 5.74) is 6.80. The average Bonchev–Trinajstić information content (AvgIpc) is 3.67. The van der Waals surface area contributed by atoms with Crippen molar-refractivity contribution in [3.05, 3.63) is 84.9 Å². The van der Waals surface area contributed by atoms with Crippen LogP contribution in [0.25, 0.3) is 33.2 Å². The van der Waals surface area contributed by atoms with Gasteiger partial charge in [-0.25, -0.2) is 9.97 Å². The molecule has 0 saturated carbocycles. The number of aromatic nitrogens is 4. The topological polar surface area (TPSA) is 134 Å². The van der Waals surface area contributed by atoms with Crippen LogP contribution in [0.2, 0.25) is 0 Å². The maximum Gasteiger partial charge on any atom is 0.234 e. The highest BCUT2D eigenvalue weighted by molar-refractivity contribution is 8.00. The highest BCUT2D eigenvalue weighted by atomic mass is 32.2. The third-order valence-corrected chi connectivity index (χ3v) is 8.58. The molecule has 234 valence electrons. The summed E-state index contributed by atoms with van der Waals surface area (Å²) in [6.07, 6.45) is 0. The minimum absolute atomic E-state index is 0.123. The van der Waals surface area contributed by atoms with Gasteiger partial charge in [0.25, 0.3) is 0 Å². The number of nitrogens with one attached hydrogen (secondary N) is 4. The molecule has 46 heavy (non-hydrogen) atoms. The minimum Gasteiger partial charge on any atom is -0.494 e. The van der Waals surface area contributed by atoms with Gasteiger partial charge < -0.3 is 30.1 Å². The first kappa shape index (κ1) is 31.1. The van der Waals surface area contributed by atoms with Crippen LogP contribution in [0, 0.1) is 0 Å². The van der Waals surface area contributed by atoms with Crippen LogP contribution in [-0.4, -0.2) is 56.5 Å². The number of aromatic amines is 2. The number of nitrogens with zero attached hydrogens (tertiary/aromatic N) is 2. The van der Waals surface area contributed by atoms with Crippen molar-refractivity contribution in [3.8, 4) is 22.6 Å². The molecule has 10 nitrogen and oxygen atoms in total. The van der Waals surface area contributed by atoms with Crippen LogP contribution in [-0.2, 0) is 9.59 Å². The van der Waals surface area contributed by atoms with E-state index in [1.165, 1.54) is 23.5 Å². The van der Waals surface area contributed by atoms with E-state index in [4.69, 9.17) is 9.47 Å². The number of imidazole rings is 2. The molecule has 0 fully saturated rings. The van der Waals surface area contributed by atoms with Crippen LogP contribution in [0.3, 0.4) is 0 Å². The van der Waals surface area contributed by atoms with Gasteiger partial charge in [-0.15, -0.1) is 0 Å². The number of hydrogen-bond acceptors (Lipinski definition) is 8. The van der Waals surface area contributed by atoms with Crippen molar-refractivity contribution in [2.75, 3.05) is 35.4 Å². The van der Waals surface area contributed by atoms with Crippen LogP contribution in [0.5, 0.6) is 11.5 Å². The Bertz CT molecular complexity index is 1830. The van der Waals surface area contributed by atoms with E-state index in [2.05, 4.69) is 30.6 Å². The van der Waals surface area contributed by atoms with E-state index in [0.29, 0.717) is 34.9 Å². The third-order valence-electron chi connectivity index (χ3n) is 6.84. The van der Waals surface area contributed by atoms with E-state index in [1.54, 1.807) is 0 Å². The Labute approximate surface area is 274 Å². The first-order valence-corrected chi connectivity index (χ1v) is 16.7. The number of carbonyl (C=O) groups excluding carboxylic acids is 2. The molecule has 0 aliphatic heterocycles. The SMILES string of the molecule is CCOc1ccc2nc(SCC(=O)Nc3ccc(-c4ccc(NC(=O)CSc5nc6ccc(OCC)cc6[nH]5)cc4)cc3)[nH]c2c1. The summed E-state index contributed by atoms with van der Waals surface area (Å²) in [7, 11) is 0. The number of carbonyl (C=O) groups is 2. The van der Waals surface area contributed by atoms with Gasteiger partial charge in [0.2, 0.25) is 11.8 Å². The number of hydrogen-bond donors (Lipinski definition) is 4. The zero-order chi connectivity index (χ0) is 31.9. The van der Waals surface area contributed by atoms with E-state index in [-0.39, 0.29) is 23.3 Å². The van der Waals surface area contributed by atoms with E-state index in [9.17, 15) is 9.59 Å². The molecule has 0 atom stereocenters. The summed E-state index contributed by atoms with van der Waals surface area (Å²) in [6.45, 7) is 5.07. The lowest BCUT2D eigenvalue weighted by atomic mass is 10.0. The van der Waals surface area contributed by atoms with Gasteiger partial charge in [0.05, 0.1) is 46.8 Å². The number of rotatable bonds is 13. The summed E-state index contributed by atoms with van der Waals surface area (Å²) in [6, 6.07) is 26.7. The van der Waals surface area contributed by atoms with Gasteiger partial charge in [0, 0.05) is 23.5 Å². The van der Waals surface area contributed by atoms with Gasteiger partial charge in [-0.3, -0.25) is 9.59 Å². The van der Waals surface area contributed by atoms with E-state index >= 15 is 0 Å². The zero-order valence-electron chi connectivity index (χ0n) is 25.3. The lowest BCUT2D eigenvalue weighted by Crippen LogP contribution is -2.14. The van der Waals surface area contributed by atoms with Gasteiger partial charge in [-0.1, -0.05) is 47.8 Å². The molecule has 0 aliphatic rings. The maximum absolute atomic E-state index is 12.6. The predicted molar refractivity (Wildman–Crippen MR) is 185 cm³/mol. The van der Waals surface area contributed by atoms with Crippen molar-refractivity contribution in [1.29, 1.82) is 0 Å². The Morgan fingerprint density at radius 3 is 1.43 bits per heavy atom.